The number of ether oxygens (including phenoxy) is 1. The fourth-order valence-corrected chi connectivity index (χ4v) is 5.55. The predicted molar refractivity (Wildman–Crippen MR) is 153 cm³/mol. The van der Waals surface area contributed by atoms with E-state index in [4.69, 9.17) is 26.4 Å². The van der Waals surface area contributed by atoms with Gasteiger partial charge in [0.1, 0.15) is 17.3 Å². The molecule has 3 aromatic carbocycles. The maximum atomic E-state index is 13.4. The number of hydrogen-bond acceptors (Lipinski definition) is 5. The number of methoxy groups -OCH3 is 1. The monoisotopic (exact) mass is 578 g/mol. The first-order chi connectivity index (χ1) is 19.8. The second-order valence-corrected chi connectivity index (χ2v) is 10.3. The van der Waals surface area contributed by atoms with Crippen LogP contribution in [0.5, 0.6) is 5.75 Å². The Morgan fingerprint density at radius 1 is 1.00 bits per heavy atom. The SMILES string of the molecule is COc1ccccc1-c1nn2c(-c3ccc(C(F)(F)F)cc3)cc(N3CCC[C@H]3CO)nc2c1-c1ccc(Cl)cc1. The van der Waals surface area contributed by atoms with Crippen LogP contribution in [0.3, 0.4) is 0 Å². The van der Waals surface area contributed by atoms with Crippen LogP contribution in [0.2, 0.25) is 5.02 Å². The molecule has 5 aromatic rings. The number of aliphatic hydroxyl groups excluding tert-OH is 1. The molecule has 210 valence electrons. The van der Waals surface area contributed by atoms with Gasteiger partial charge in [-0.1, -0.05) is 48.0 Å². The fourth-order valence-electron chi connectivity index (χ4n) is 5.43. The zero-order valence-electron chi connectivity index (χ0n) is 22.1. The van der Waals surface area contributed by atoms with Crippen LogP contribution in [0.1, 0.15) is 18.4 Å². The lowest BCUT2D eigenvalue weighted by atomic mass is 10.0. The van der Waals surface area contributed by atoms with Crippen molar-refractivity contribution < 1.29 is 23.0 Å². The Morgan fingerprint density at radius 3 is 2.39 bits per heavy atom. The smallest absolute Gasteiger partial charge is 0.416 e. The van der Waals surface area contributed by atoms with Crippen LogP contribution in [0.4, 0.5) is 19.0 Å². The van der Waals surface area contributed by atoms with Crippen LogP contribution in [-0.4, -0.2) is 46.0 Å². The molecule has 0 spiro atoms. The van der Waals surface area contributed by atoms with E-state index in [1.54, 1.807) is 23.8 Å². The number of anilines is 1. The van der Waals surface area contributed by atoms with Crippen molar-refractivity contribution in [2.24, 2.45) is 0 Å². The molecular weight excluding hydrogens is 553 g/mol. The van der Waals surface area contributed by atoms with Crippen molar-refractivity contribution in [2.45, 2.75) is 25.1 Å². The van der Waals surface area contributed by atoms with E-state index < -0.39 is 11.7 Å². The molecule has 1 atom stereocenters. The highest BCUT2D eigenvalue weighted by Crippen LogP contribution is 2.42. The molecule has 10 heteroatoms. The summed E-state index contributed by atoms with van der Waals surface area (Å²) in [6.45, 7) is 0.670. The average Bonchev–Trinajstić information content (AvgIpc) is 3.62. The van der Waals surface area contributed by atoms with Crippen LogP contribution in [-0.2, 0) is 6.18 Å². The van der Waals surface area contributed by atoms with Crippen molar-refractivity contribution >= 4 is 23.1 Å². The number of aliphatic hydroxyl groups is 1. The zero-order valence-corrected chi connectivity index (χ0v) is 22.8. The fraction of sp³-hybridized carbons (Fsp3) is 0.226. The van der Waals surface area contributed by atoms with E-state index in [0.717, 1.165) is 41.7 Å². The van der Waals surface area contributed by atoms with E-state index in [-0.39, 0.29) is 12.6 Å². The highest BCUT2D eigenvalue weighted by Gasteiger charge is 2.31. The Morgan fingerprint density at radius 2 is 1.71 bits per heavy atom. The number of rotatable bonds is 6. The third kappa shape index (κ3) is 5.00. The Kier molecular flexibility index (Phi) is 7.09. The molecule has 0 saturated carbocycles. The third-order valence-corrected chi connectivity index (χ3v) is 7.71. The number of hydrogen-bond donors (Lipinski definition) is 1. The van der Waals surface area contributed by atoms with Crippen LogP contribution in [0.15, 0.2) is 78.9 Å². The average molecular weight is 579 g/mol. The summed E-state index contributed by atoms with van der Waals surface area (Å²) in [4.78, 5) is 7.11. The Hall–Kier alpha value is -4.08. The summed E-state index contributed by atoms with van der Waals surface area (Å²) >= 11 is 6.22. The highest BCUT2D eigenvalue weighted by molar-refractivity contribution is 6.30. The number of para-hydroxylation sites is 1. The maximum Gasteiger partial charge on any atom is 0.416 e. The summed E-state index contributed by atoms with van der Waals surface area (Å²) < 4.78 is 47.5. The van der Waals surface area contributed by atoms with E-state index in [2.05, 4.69) is 4.90 Å². The van der Waals surface area contributed by atoms with Crippen LogP contribution in [0, 0.1) is 0 Å². The van der Waals surface area contributed by atoms with E-state index in [9.17, 15) is 18.3 Å². The molecule has 0 aliphatic carbocycles. The lowest BCUT2D eigenvalue weighted by Gasteiger charge is -2.25. The summed E-state index contributed by atoms with van der Waals surface area (Å²) in [7, 11) is 1.59. The molecule has 1 aliphatic heterocycles. The van der Waals surface area contributed by atoms with Gasteiger partial charge in [0.15, 0.2) is 5.65 Å². The number of fused-ring (bicyclic) bond motifs is 1. The molecule has 6 rings (SSSR count). The van der Waals surface area contributed by atoms with Crippen LogP contribution < -0.4 is 9.64 Å². The van der Waals surface area contributed by atoms with Crippen molar-refractivity contribution in [3.63, 3.8) is 0 Å². The molecule has 6 nitrogen and oxygen atoms in total. The highest BCUT2D eigenvalue weighted by atomic mass is 35.5. The van der Waals surface area contributed by atoms with E-state index in [1.165, 1.54) is 12.1 Å². The minimum Gasteiger partial charge on any atom is -0.496 e. The second-order valence-electron chi connectivity index (χ2n) is 9.91. The first-order valence-electron chi connectivity index (χ1n) is 13.2. The Balaban J connectivity index is 1.68. The van der Waals surface area contributed by atoms with Gasteiger partial charge in [-0.3, -0.25) is 0 Å². The van der Waals surface area contributed by atoms with Gasteiger partial charge in [0.2, 0.25) is 0 Å². The Bertz CT molecular complexity index is 1700. The van der Waals surface area contributed by atoms with Gasteiger partial charge in [0.05, 0.1) is 36.6 Å². The van der Waals surface area contributed by atoms with Gasteiger partial charge in [0.25, 0.3) is 0 Å². The summed E-state index contributed by atoms with van der Waals surface area (Å²) in [5.74, 6) is 1.23. The molecule has 2 aromatic heterocycles. The van der Waals surface area contributed by atoms with E-state index >= 15 is 0 Å². The standard InChI is InChI=1S/C31H26ClF3N4O2/c1-41-26-7-3-2-6-24(26)29-28(20-10-14-22(32)15-11-20)30-36-27(38-16-4-5-23(38)18-40)17-25(39(30)37-29)19-8-12-21(13-9-19)31(33,34)35/h2-3,6-15,17,23,40H,4-5,16,18H2,1H3/t23-/m0/s1. The van der Waals surface area contributed by atoms with E-state index in [1.807, 2.05) is 42.5 Å². The van der Waals surface area contributed by atoms with Crippen molar-refractivity contribution in [2.75, 3.05) is 25.2 Å². The molecule has 0 radical (unpaired) electrons. The van der Waals surface area contributed by atoms with Gasteiger partial charge >= 0.3 is 6.18 Å². The molecule has 1 N–H and O–H groups in total. The lowest BCUT2D eigenvalue weighted by Crippen LogP contribution is -2.32. The number of alkyl halides is 3. The maximum absolute atomic E-state index is 13.4. The van der Waals surface area contributed by atoms with Crippen LogP contribution >= 0.6 is 11.6 Å². The molecule has 0 unspecified atom stereocenters. The molecule has 0 bridgehead atoms. The van der Waals surface area contributed by atoms with Crippen molar-refractivity contribution in [3.05, 3.63) is 89.4 Å². The topological polar surface area (TPSA) is 62.9 Å². The molecule has 1 saturated heterocycles. The first-order valence-corrected chi connectivity index (χ1v) is 13.5. The molecule has 3 heterocycles. The summed E-state index contributed by atoms with van der Waals surface area (Å²) in [6, 6.07) is 21.6. The minimum atomic E-state index is -4.45. The first kappa shape index (κ1) is 27.1. The quantitative estimate of drug-likeness (QED) is 0.228. The zero-order chi connectivity index (χ0) is 28.7. The largest absolute Gasteiger partial charge is 0.496 e. The summed E-state index contributed by atoms with van der Waals surface area (Å²) in [5, 5.41) is 15.6. The molecule has 1 aliphatic rings. The molecule has 1 fully saturated rings. The number of halogens is 4. The van der Waals surface area contributed by atoms with Gasteiger partial charge in [-0.15, -0.1) is 0 Å². The number of aromatic nitrogens is 3. The van der Waals surface area contributed by atoms with E-state index in [0.29, 0.717) is 45.7 Å². The van der Waals surface area contributed by atoms with Gasteiger partial charge in [-0.05, 0) is 54.8 Å². The Labute approximate surface area is 239 Å². The summed E-state index contributed by atoms with van der Waals surface area (Å²) in [5.41, 5.74) is 3.77. The minimum absolute atomic E-state index is 0.0295. The van der Waals surface area contributed by atoms with Crippen molar-refractivity contribution in [1.82, 2.24) is 14.6 Å². The molecule has 0 amide bonds. The van der Waals surface area contributed by atoms with Gasteiger partial charge in [-0.25, -0.2) is 9.50 Å². The second kappa shape index (κ2) is 10.7. The van der Waals surface area contributed by atoms with Gasteiger partial charge in [0, 0.05) is 28.8 Å². The predicted octanol–water partition coefficient (Wildman–Crippen LogP) is 7.37. The normalized spacial score (nSPS) is 15.6. The van der Waals surface area contributed by atoms with Gasteiger partial charge < -0.3 is 14.7 Å². The lowest BCUT2D eigenvalue weighted by molar-refractivity contribution is -0.137. The third-order valence-electron chi connectivity index (χ3n) is 7.46. The molecule has 41 heavy (non-hydrogen) atoms. The van der Waals surface area contributed by atoms with Crippen LogP contribution in [0.25, 0.3) is 39.3 Å². The summed E-state index contributed by atoms with van der Waals surface area (Å²) in [6.07, 6.45) is -2.75. The van der Waals surface area contributed by atoms with Crippen molar-refractivity contribution in [1.29, 1.82) is 0 Å². The molecular formula is C31H26ClF3N4O2. The number of nitrogens with zero attached hydrogens (tertiary/aromatic N) is 4. The van der Waals surface area contributed by atoms with Crippen molar-refractivity contribution in [3.8, 4) is 39.4 Å². The van der Waals surface area contributed by atoms with Gasteiger partial charge in [-0.2, -0.15) is 18.3 Å². The number of benzene rings is 3.